The van der Waals surface area contributed by atoms with Crippen molar-refractivity contribution in [2.75, 3.05) is 0 Å². The van der Waals surface area contributed by atoms with Gasteiger partial charge in [0.1, 0.15) is 0 Å². The van der Waals surface area contributed by atoms with Gasteiger partial charge >= 0.3 is 68.0 Å². The minimum Gasteiger partial charge on any atom is -0.179 e. The Hall–Kier alpha value is -2.96. The molecule has 2 heteroatoms. The molecule has 0 spiro atoms. The zero-order valence-electron chi connectivity index (χ0n) is 20.1. The molecule has 0 N–H and O–H groups in total. The molecule has 0 saturated carbocycles. The number of benzene rings is 4. The van der Waals surface area contributed by atoms with Crippen molar-refractivity contribution >= 4 is 9.28 Å². The molecule has 2 aliphatic rings. The van der Waals surface area contributed by atoms with Gasteiger partial charge in [0, 0.05) is 0 Å². The molecule has 0 nitrogen and oxygen atoms in total. The van der Waals surface area contributed by atoms with E-state index in [1.165, 1.54) is 75.3 Å². The van der Waals surface area contributed by atoms with E-state index >= 15 is 0 Å². The van der Waals surface area contributed by atoms with Gasteiger partial charge in [0.15, 0.2) is 0 Å². The fourth-order valence-corrected chi connectivity index (χ4v) is 4.80. The molecule has 0 aliphatic heterocycles. The molecule has 0 aromatic heterocycles. The van der Waals surface area contributed by atoms with E-state index in [4.69, 9.17) is 0 Å². The number of hydrogen-bond donors (Lipinski definition) is 0. The van der Waals surface area contributed by atoms with Crippen LogP contribution in [0.1, 0.15) is 36.1 Å². The van der Waals surface area contributed by atoms with E-state index in [0.29, 0.717) is 5.92 Å². The molecule has 0 radical (unpaired) electrons. The van der Waals surface area contributed by atoms with Crippen LogP contribution in [0.15, 0.2) is 109 Å². The fourth-order valence-electron chi connectivity index (χ4n) is 4.32. The maximum absolute atomic E-state index is 12.2. The van der Waals surface area contributed by atoms with Crippen LogP contribution >= 0.6 is 0 Å². The molecular weight excluding hydrogens is 507 g/mol. The number of halogens is 1. The maximum atomic E-state index is 12.2. The van der Waals surface area contributed by atoms with Crippen LogP contribution in [0.5, 0.6) is 0 Å². The summed E-state index contributed by atoms with van der Waals surface area (Å²) in [4.78, 5) is 0. The van der Waals surface area contributed by atoms with Crippen LogP contribution in [-0.4, -0.2) is 3.71 Å². The molecule has 0 saturated heterocycles. The number of hydrogen-bond acceptors (Lipinski definition) is 0. The first-order valence-electron chi connectivity index (χ1n) is 11.8. The third-order valence-corrected chi connectivity index (χ3v) is 6.82. The van der Waals surface area contributed by atoms with E-state index in [2.05, 4.69) is 92.7 Å². The second-order valence-electron chi connectivity index (χ2n) is 8.60. The third-order valence-electron chi connectivity index (χ3n) is 6.00. The van der Waals surface area contributed by atoms with Gasteiger partial charge in [-0.15, -0.1) is 11.1 Å². The summed E-state index contributed by atoms with van der Waals surface area (Å²) in [6.45, 7) is 4.29. The van der Waals surface area contributed by atoms with Gasteiger partial charge in [-0.2, -0.15) is 41.5 Å². The van der Waals surface area contributed by atoms with Crippen molar-refractivity contribution in [3.8, 4) is 11.1 Å². The Bertz CT molecular complexity index is 1300. The fraction of sp³-hybridized carbons (Fsp3) is 0.121. The monoisotopic (exact) mass is 532 g/mol. The summed E-state index contributed by atoms with van der Waals surface area (Å²) in [5.74, 6) is 0.298. The first kappa shape index (κ1) is 25.1. The average Bonchev–Trinajstić information content (AvgIpc) is 3.44. The molecule has 1 unspecified atom stereocenters. The van der Waals surface area contributed by atoms with Crippen LogP contribution in [0.4, 0.5) is 4.39 Å². The Morgan fingerprint density at radius 1 is 0.857 bits per heavy atom. The minimum absolute atomic E-state index is 0.170. The minimum atomic E-state index is -0.170. The van der Waals surface area contributed by atoms with Crippen molar-refractivity contribution in [3.63, 3.8) is 0 Å². The quantitative estimate of drug-likeness (QED) is 0.201. The van der Waals surface area contributed by atoms with Crippen LogP contribution in [-0.2, 0) is 30.7 Å². The van der Waals surface area contributed by atoms with Crippen molar-refractivity contribution in [2.45, 2.75) is 20.3 Å². The molecule has 4 aromatic carbocycles. The van der Waals surface area contributed by atoms with Crippen LogP contribution in [0.25, 0.3) is 16.7 Å². The van der Waals surface area contributed by atoms with E-state index in [9.17, 15) is 4.39 Å². The second kappa shape index (κ2) is 12.1. The molecule has 0 amide bonds. The SMILES string of the molecule is CC1=[C-]C(C)C=C1c1ccccc1.Fc1ccc([CH]=[Zr+2])cc1.[c-]1cccc2c1Cc1ccccc1-2. The van der Waals surface area contributed by atoms with Gasteiger partial charge in [0.25, 0.3) is 0 Å². The Morgan fingerprint density at radius 2 is 1.54 bits per heavy atom. The van der Waals surface area contributed by atoms with E-state index in [-0.39, 0.29) is 5.82 Å². The van der Waals surface area contributed by atoms with Crippen molar-refractivity contribution in [3.05, 3.63) is 149 Å². The van der Waals surface area contributed by atoms with Crippen LogP contribution < -0.4 is 0 Å². The van der Waals surface area contributed by atoms with Crippen molar-refractivity contribution < 1.29 is 28.6 Å². The van der Waals surface area contributed by atoms with Crippen LogP contribution in [0.2, 0.25) is 0 Å². The number of fused-ring (bicyclic) bond motifs is 3. The van der Waals surface area contributed by atoms with E-state index in [0.717, 1.165) is 12.0 Å². The zero-order chi connectivity index (χ0) is 24.6. The van der Waals surface area contributed by atoms with Gasteiger partial charge in [-0.25, -0.2) is 5.57 Å². The average molecular weight is 534 g/mol. The Morgan fingerprint density at radius 3 is 2.23 bits per heavy atom. The van der Waals surface area contributed by atoms with E-state index in [1.807, 2.05) is 15.8 Å². The van der Waals surface area contributed by atoms with Crippen molar-refractivity contribution in [2.24, 2.45) is 5.92 Å². The molecule has 35 heavy (non-hydrogen) atoms. The summed E-state index contributed by atoms with van der Waals surface area (Å²) in [6, 6.07) is 35.1. The van der Waals surface area contributed by atoms with Gasteiger partial charge in [-0.3, -0.25) is 6.08 Å². The number of allylic oxidation sites excluding steroid dienone is 4. The van der Waals surface area contributed by atoms with Crippen molar-refractivity contribution in [1.82, 2.24) is 0 Å². The van der Waals surface area contributed by atoms with Gasteiger partial charge in [-0.1, -0.05) is 85.5 Å². The standard InChI is InChI=1S/C13H9.C13H13.C7H5F.Zr/c1-3-7-12-10(5-1)9-11-6-2-4-8-13(11)12;1-10-8-11(2)13(9-10)12-6-4-3-5-7-12;1-6-2-4-7(8)5-3-6;/h1-5,7-8H,9H2;3-7,9-10H,1-2H3;1-5H;/q2*-1;;+2. The molecule has 0 heterocycles. The molecule has 1 atom stereocenters. The predicted octanol–water partition coefficient (Wildman–Crippen LogP) is 8.05. The van der Waals surface area contributed by atoms with Gasteiger partial charge in [-0.05, 0) is 6.42 Å². The van der Waals surface area contributed by atoms with E-state index < -0.39 is 0 Å². The summed E-state index contributed by atoms with van der Waals surface area (Å²) >= 11 is 1.34. The molecular formula is C33H27FZr. The summed E-state index contributed by atoms with van der Waals surface area (Å²) < 4.78 is 14.2. The second-order valence-corrected chi connectivity index (χ2v) is 9.31. The van der Waals surface area contributed by atoms with Gasteiger partial charge in [0.05, 0.1) is 0 Å². The first-order valence-corrected chi connectivity index (χ1v) is 13.2. The zero-order valence-corrected chi connectivity index (χ0v) is 22.5. The summed E-state index contributed by atoms with van der Waals surface area (Å²) in [7, 11) is 0. The third kappa shape index (κ3) is 6.59. The normalized spacial score (nSPS) is 14.8. The van der Waals surface area contributed by atoms with Gasteiger partial charge in [0.2, 0.25) is 0 Å². The topological polar surface area (TPSA) is 0 Å². The Labute approximate surface area is 223 Å². The van der Waals surface area contributed by atoms with Crippen LogP contribution in [0, 0.1) is 23.9 Å². The maximum Gasteiger partial charge on any atom is -0.0253 e. The van der Waals surface area contributed by atoms with Crippen LogP contribution in [0.3, 0.4) is 0 Å². The summed E-state index contributed by atoms with van der Waals surface area (Å²) in [6.07, 6.45) is 6.71. The predicted molar refractivity (Wildman–Crippen MR) is 141 cm³/mol. The summed E-state index contributed by atoms with van der Waals surface area (Å²) in [5.41, 5.74) is 10.5. The Balaban J connectivity index is 0.000000126. The molecule has 4 aromatic rings. The summed E-state index contributed by atoms with van der Waals surface area (Å²) in [5, 5.41) is 0. The molecule has 2 aliphatic carbocycles. The smallest absolute Gasteiger partial charge is 0.0253 e. The largest absolute Gasteiger partial charge is 0.179 e. The van der Waals surface area contributed by atoms with E-state index in [1.54, 1.807) is 12.1 Å². The van der Waals surface area contributed by atoms with Crippen molar-refractivity contribution in [1.29, 1.82) is 0 Å². The molecule has 6 rings (SSSR count). The first-order chi connectivity index (χ1) is 17.0. The molecule has 0 fully saturated rings. The molecule has 170 valence electrons. The molecule has 0 bridgehead atoms. The number of rotatable bonds is 2. The van der Waals surface area contributed by atoms with Gasteiger partial charge < -0.3 is 0 Å². The Kier molecular flexibility index (Phi) is 8.72.